The fourth-order valence-corrected chi connectivity index (χ4v) is 5.12. The van der Waals surface area contributed by atoms with Crippen molar-refractivity contribution < 1.29 is 12.8 Å². The highest BCUT2D eigenvalue weighted by atomic mass is 32.2. The summed E-state index contributed by atoms with van der Waals surface area (Å²) in [5.41, 5.74) is 2.36. The van der Waals surface area contributed by atoms with Crippen molar-refractivity contribution in [2.75, 3.05) is 0 Å². The highest BCUT2D eigenvalue weighted by Gasteiger charge is 2.36. The minimum atomic E-state index is -3.78. The van der Waals surface area contributed by atoms with E-state index in [0.29, 0.717) is 23.5 Å². The lowest BCUT2D eigenvalue weighted by atomic mass is 10.1. The second-order valence-corrected chi connectivity index (χ2v) is 8.67. The van der Waals surface area contributed by atoms with Crippen LogP contribution in [-0.2, 0) is 23.1 Å². The van der Waals surface area contributed by atoms with Crippen LogP contribution in [-0.4, -0.2) is 33.8 Å². The van der Waals surface area contributed by atoms with E-state index in [1.807, 2.05) is 30.3 Å². The molecule has 0 radical (unpaired) electrons. The lowest BCUT2D eigenvalue weighted by Gasteiger charge is -2.23. The Balaban J connectivity index is 1.95. The first kappa shape index (κ1) is 17.8. The van der Waals surface area contributed by atoms with Crippen molar-refractivity contribution >= 4 is 10.0 Å². The molecule has 2 heterocycles. The summed E-state index contributed by atoms with van der Waals surface area (Å²) < 4.78 is 43.4. The molecule has 0 N–H and O–H groups in total. The van der Waals surface area contributed by atoms with E-state index in [4.69, 9.17) is 0 Å². The smallest absolute Gasteiger partial charge is 0.240 e. The van der Waals surface area contributed by atoms with Gasteiger partial charge in [0.1, 0.15) is 11.5 Å². The van der Waals surface area contributed by atoms with Crippen LogP contribution in [0.4, 0.5) is 4.39 Å². The molecule has 0 aliphatic carbocycles. The molecule has 1 aliphatic heterocycles. The number of aromatic nitrogens is 3. The zero-order valence-corrected chi connectivity index (χ0v) is 15.8. The van der Waals surface area contributed by atoms with E-state index in [-0.39, 0.29) is 17.5 Å². The number of halogens is 1. The molecular weight excluding hydrogens is 367 g/mol. The van der Waals surface area contributed by atoms with E-state index in [0.717, 1.165) is 5.56 Å². The van der Waals surface area contributed by atoms with Crippen LogP contribution in [0.15, 0.2) is 53.4 Å². The Hall–Kier alpha value is -2.58. The molecule has 140 valence electrons. The number of benzene rings is 2. The fraction of sp³-hybridized carbons (Fsp3) is 0.263. The number of hydrogen-bond acceptors (Lipinski definition) is 4. The predicted molar refractivity (Wildman–Crippen MR) is 98.8 cm³/mol. The van der Waals surface area contributed by atoms with E-state index in [9.17, 15) is 12.8 Å². The summed E-state index contributed by atoms with van der Waals surface area (Å²) in [7, 11) is -3.78. The van der Waals surface area contributed by atoms with Crippen molar-refractivity contribution in [3.63, 3.8) is 0 Å². The molecule has 3 aromatic rings. The maximum atomic E-state index is 14.0. The fourth-order valence-electron chi connectivity index (χ4n) is 3.35. The van der Waals surface area contributed by atoms with Gasteiger partial charge in [-0.05, 0) is 37.6 Å². The summed E-state index contributed by atoms with van der Waals surface area (Å²) in [6.45, 7) is 4.13. The van der Waals surface area contributed by atoms with E-state index >= 15 is 0 Å². The number of hydrogen-bond donors (Lipinski definition) is 0. The van der Waals surface area contributed by atoms with Crippen LogP contribution in [0.25, 0.3) is 11.3 Å². The Labute approximate surface area is 157 Å². The van der Waals surface area contributed by atoms with Gasteiger partial charge in [-0.3, -0.25) is 0 Å². The van der Waals surface area contributed by atoms with Crippen LogP contribution in [0.5, 0.6) is 0 Å². The van der Waals surface area contributed by atoms with Crippen molar-refractivity contribution in [1.29, 1.82) is 0 Å². The van der Waals surface area contributed by atoms with Gasteiger partial charge in [0, 0.05) is 11.6 Å². The van der Waals surface area contributed by atoms with Gasteiger partial charge in [0.25, 0.3) is 0 Å². The molecule has 0 fully saturated rings. The lowest BCUT2D eigenvalue weighted by molar-refractivity contribution is 0.346. The molecule has 0 unspecified atom stereocenters. The zero-order chi connectivity index (χ0) is 19.2. The summed E-state index contributed by atoms with van der Waals surface area (Å²) in [5.74, 6) is -0.500. The van der Waals surface area contributed by atoms with Gasteiger partial charge in [0.15, 0.2) is 0 Å². The quantitative estimate of drug-likeness (QED) is 0.694. The van der Waals surface area contributed by atoms with E-state index < -0.39 is 15.8 Å². The molecule has 0 atom stereocenters. The molecule has 6 nitrogen and oxygen atoms in total. The molecule has 0 amide bonds. The van der Waals surface area contributed by atoms with Gasteiger partial charge in [-0.15, -0.1) is 5.10 Å². The van der Waals surface area contributed by atoms with Crippen LogP contribution in [0.3, 0.4) is 0 Å². The van der Waals surface area contributed by atoms with Crippen LogP contribution >= 0.6 is 0 Å². The van der Waals surface area contributed by atoms with Gasteiger partial charge in [-0.1, -0.05) is 35.5 Å². The molecule has 8 heteroatoms. The average molecular weight is 386 g/mol. The number of nitrogens with zero attached hydrogens (tertiary/aromatic N) is 4. The zero-order valence-electron chi connectivity index (χ0n) is 15.0. The number of sulfonamides is 1. The van der Waals surface area contributed by atoms with E-state index in [1.165, 1.54) is 22.5 Å². The van der Waals surface area contributed by atoms with Crippen LogP contribution < -0.4 is 0 Å². The Bertz CT molecular complexity index is 1090. The van der Waals surface area contributed by atoms with Crippen molar-refractivity contribution in [2.45, 2.75) is 37.9 Å². The van der Waals surface area contributed by atoms with Gasteiger partial charge < -0.3 is 0 Å². The van der Waals surface area contributed by atoms with Gasteiger partial charge in [0.05, 0.1) is 23.7 Å². The number of rotatable bonds is 3. The topological polar surface area (TPSA) is 68.1 Å². The molecular formula is C19H19FN4O2S. The molecule has 1 aromatic heterocycles. The van der Waals surface area contributed by atoms with Crippen molar-refractivity contribution in [3.05, 3.63) is 65.6 Å². The molecule has 2 aromatic carbocycles. The average Bonchev–Trinajstić information content (AvgIpc) is 2.97. The summed E-state index contributed by atoms with van der Waals surface area (Å²) in [6, 6.07) is 13.1. The lowest BCUT2D eigenvalue weighted by Crippen LogP contribution is -2.35. The summed E-state index contributed by atoms with van der Waals surface area (Å²) >= 11 is 0. The highest BCUT2D eigenvalue weighted by molar-refractivity contribution is 7.89. The third-order valence-electron chi connectivity index (χ3n) is 4.64. The normalized spacial score (nSPS) is 16.0. The second kappa shape index (κ2) is 6.54. The predicted octanol–water partition coefficient (Wildman–Crippen LogP) is 3.05. The Morgan fingerprint density at radius 1 is 1.15 bits per heavy atom. The number of fused-ring (bicyclic) bond motifs is 3. The van der Waals surface area contributed by atoms with Gasteiger partial charge in [-0.2, -0.15) is 4.31 Å². The summed E-state index contributed by atoms with van der Waals surface area (Å²) in [4.78, 5) is 0.0768. The Kier molecular flexibility index (Phi) is 4.32. The maximum Gasteiger partial charge on any atom is 0.244 e. The third-order valence-corrected chi connectivity index (χ3v) is 6.72. The molecule has 1 aliphatic rings. The minimum Gasteiger partial charge on any atom is -0.240 e. The van der Waals surface area contributed by atoms with Crippen molar-refractivity contribution in [1.82, 2.24) is 19.3 Å². The molecule has 0 saturated carbocycles. The largest absolute Gasteiger partial charge is 0.244 e. The Morgan fingerprint density at radius 3 is 2.59 bits per heavy atom. The van der Waals surface area contributed by atoms with Crippen LogP contribution in [0.2, 0.25) is 0 Å². The molecule has 27 heavy (non-hydrogen) atoms. The standard InChI is InChI=1S/C19H19FN4O2S/c1-13(2)24-12-17-19(16-10-15(20)8-9-18(16)27(24,25)26)23(22-21-17)11-14-6-4-3-5-7-14/h3-10,13H,11-12H2,1-2H3. The highest BCUT2D eigenvalue weighted by Crippen LogP contribution is 2.37. The first-order chi connectivity index (χ1) is 12.9. The Morgan fingerprint density at radius 2 is 1.89 bits per heavy atom. The van der Waals surface area contributed by atoms with E-state index in [1.54, 1.807) is 18.5 Å². The third kappa shape index (κ3) is 3.04. The minimum absolute atomic E-state index is 0.0768. The van der Waals surface area contributed by atoms with E-state index in [2.05, 4.69) is 10.3 Å². The van der Waals surface area contributed by atoms with Crippen LogP contribution in [0.1, 0.15) is 25.1 Å². The van der Waals surface area contributed by atoms with Gasteiger partial charge >= 0.3 is 0 Å². The van der Waals surface area contributed by atoms with Crippen LogP contribution in [0, 0.1) is 5.82 Å². The first-order valence-corrected chi connectivity index (χ1v) is 10.1. The second-order valence-electron chi connectivity index (χ2n) is 6.81. The first-order valence-electron chi connectivity index (χ1n) is 8.66. The summed E-state index contributed by atoms with van der Waals surface area (Å²) in [6.07, 6.45) is 0. The van der Waals surface area contributed by atoms with Crippen molar-refractivity contribution in [2.24, 2.45) is 0 Å². The van der Waals surface area contributed by atoms with Gasteiger partial charge in [0.2, 0.25) is 10.0 Å². The monoisotopic (exact) mass is 386 g/mol. The van der Waals surface area contributed by atoms with Crippen molar-refractivity contribution in [3.8, 4) is 11.3 Å². The van der Waals surface area contributed by atoms with Gasteiger partial charge in [-0.25, -0.2) is 17.5 Å². The molecule has 0 spiro atoms. The molecule has 0 bridgehead atoms. The molecule has 4 rings (SSSR count). The maximum absolute atomic E-state index is 14.0. The summed E-state index contributed by atoms with van der Waals surface area (Å²) in [5, 5.41) is 8.45. The molecule has 0 saturated heterocycles. The SMILES string of the molecule is CC(C)N1Cc2nnn(Cc3ccccc3)c2-c2cc(F)ccc2S1(=O)=O.